The van der Waals surface area contributed by atoms with Crippen LogP contribution in [0.1, 0.15) is 12.0 Å². The summed E-state index contributed by atoms with van der Waals surface area (Å²) in [5.74, 6) is 0. The zero-order chi connectivity index (χ0) is 19.3. The molecular formula is C23H27ClN4. The molecule has 4 nitrogen and oxygen atoms in total. The van der Waals surface area contributed by atoms with Crippen LogP contribution in [0.3, 0.4) is 0 Å². The maximum Gasteiger partial charge on any atom is 0.131 e. The van der Waals surface area contributed by atoms with Crippen LogP contribution in [0.4, 0.5) is 11.4 Å². The molecule has 0 spiro atoms. The predicted octanol–water partition coefficient (Wildman–Crippen LogP) is 4.82. The van der Waals surface area contributed by atoms with Crippen molar-refractivity contribution >= 4 is 33.9 Å². The van der Waals surface area contributed by atoms with Gasteiger partial charge in [-0.2, -0.15) is 0 Å². The summed E-state index contributed by atoms with van der Waals surface area (Å²) in [4.78, 5) is 9.43. The van der Waals surface area contributed by atoms with Crippen LogP contribution in [0.5, 0.6) is 0 Å². The lowest BCUT2D eigenvalue weighted by atomic mass is 10.2. The van der Waals surface area contributed by atoms with E-state index < -0.39 is 0 Å². The number of pyridine rings is 1. The van der Waals surface area contributed by atoms with Gasteiger partial charge in [-0.05, 0) is 44.2 Å². The third-order valence-corrected chi connectivity index (χ3v) is 5.62. The van der Waals surface area contributed by atoms with Crippen molar-refractivity contribution in [1.29, 1.82) is 0 Å². The lowest BCUT2D eigenvalue weighted by Crippen LogP contribution is -2.46. The van der Waals surface area contributed by atoms with E-state index in [4.69, 9.17) is 11.6 Å². The first-order chi connectivity index (χ1) is 13.7. The van der Waals surface area contributed by atoms with Crippen molar-refractivity contribution in [3.05, 3.63) is 65.3 Å². The van der Waals surface area contributed by atoms with E-state index in [0.717, 1.165) is 62.3 Å². The maximum absolute atomic E-state index is 6.17. The summed E-state index contributed by atoms with van der Waals surface area (Å²) < 4.78 is 0. The van der Waals surface area contributed by atoms with Crippen molar-refractivity contribution in [3.63, 3.8) is 0 Å². The summed E-state index contributed by atoms with van der Waals surface area (Å²) in [6.45, 7) is 8.63. The first kappa shape index (κ1) is 19.0. The fourth-order valence-corrected chi connectivity index (χ4v) is 4.00. The molecule has 1 fully saturated rings. The minimum Gasteiger partial charge on any atom is -0.384 e. The van der Waals surface area contributed by atoms with Gasteiger partial charge in [-0.15, -0.1) is 0 Å². The SMILES string of the molecule is Cc1ccc(N2CCN(CCCNc3cc(Cl)nc4ccccc34)CC2)cc1. The highest BCUT2D eigenvalue weighted by Crippen LogP contribution is 2.25. The van der Waals surface area contributed by atoms with E-state index in [1.54, 1.807) is 0 Å². The van der Waals surface area contributed by atoms with Crippen LogP contribution in [0.15, 0.2) is 54.6 Å². The molecule has 1 aliphatic rings. The van der Waals surface area contributed by atoms with Gasteiger partial charge in [-0.3, -0.25) is 4.90 Å². The number of anilines is 2. The van der Waals surface area contributed by atoms with E-state index in [1.165, 1.54) is 11.3 Å². The van der Waals surface area contributed by atoms with E-state index >= 15 is 0 Å². The Kier molecular flexibility index (Phi) is 5.98. The Morgan fingerprint density at radius 3 is 2.54 bits per heavy atom. The number of para-hydroxylation sites is 1. The van der Waals surface area contributed by atoms with Crippen molar-refractivity contribution in [2.24, 2.45) is 0 Å². The highest BCUT2D eigenvalue weighted by molar-refractivity contribution is 6.30. The number of fused-ring (bicyclic) bond motifs is 1. The minimum atomic E-state index is 0.536. The van der Waals surface area contributed by atoms with Gasteiger partial charge in [0.1, 0.15) is 5.15 Å². The Bertz CT molecular complexity index is 918. The molecule has 0 unspecified atom stereocenters. The first-order valence-electron chi connectivity index (χ1n) is 10.0. The molecule has 4 rings (SSSR count). The van der Waals surface area contributed by atoms with E-state index in [0.29, 0.717) is 5.15 Å². The van der Waals surface area contributed by atoms with Gasteiger partial charge >= 0.3 is 0 Å². The summed E-state index contributed by atoms with van der Waals surface area (Å²) in [5.41, 5.74) is 4.66. The number of aryl methyl sites for hydroxylation is 1. The van der Waals surface area contributed by atoms with Gasteiger partial charge in [0.05, 0.1) is 5.52 Å². The lowest BCUT2D eigenvalue weighted by Gasteiger charge is -2.36. The number of rotatable bonds is 6. The molecule has 0 atom stereocenters. The Morgan fingerprint density at radius 2 is 1.75 bits per heavy atom. The first-order valence-corrected chi connectivity index (χ1v) is 10.4. The summed E-state index contributed by atoms with van der Waals surface area (Å²) >= 11 is 6.17. The Hall–Kier alpha value is -2.30. The lowest BCUT2D eigenvalue weighted by molar-refractivity contribution is 0.257. The number of hydrogen-bond acceptors (Lipinski definition) is 4. The third-order valence-electron chi connectivity index (χ3n) is 5.42. The molecule has 1 aliphatic heterocycles. The molecule has 28 heavy (non-hydrogen) atoms. The molecule has 5 heteroatoms. The number of nitrogens with zero attached hydrogens (tertiary/aromatic N) is 3. The van der Waals surface area contributed by atoms with Crippen LogP contribution in [-0.4, -0.2) is 49.2 Å². The largest absolute Gasteiger partial charge is 0.384 e. The number of aromatic nitrogens is 1. The third kappa shape index (κ3) is 4.57. The average molecular weight is 395 g/mol. The molecule has 0 saturated carbocycles. The molecule has 1 saturated heterocycles. The van der Waals surface area contributed by atoms with Gasteiger partial charge in [0.25, 0.3) is 0 Å². The van der Waals surface area contributed by atoms with Crippen molar-refractivity contribution in [2.75, 3.05) is 49.5 Å². The molecule has 0 amide bonds. The normalized spacial score (nSPS) is 15.1. The van der Waals surface area contributed by atoms with E-state index in [-0.39, 0.29) is 0 Å². The highest BCUT2D eigenvalue weighted by atomic mass is 35.5. The van der Waals surface area contributed by atoms with Gasteiger partial charge in [-0.1, -0.05) is 47.5 Å². The topological polar surface area (TPSA) is 31.4 Å². The number of piperazine rings is 1. The smallest absolute Gasteiger partial charge is 0.131 e. The van der Waals surface area contributed by atoms with Crippen LogP contribution in [0.2, 0.25) is 5.15 Å². The quantitative estimate of drug-likeness (QED) is 0.479. The molecule has 0 aliphatic carbocycles. The fourth-order valence-electron chi connectivity index (χ4n) is 3.80. The standard InChI is InChI=1S/C23H27ClN4/c1-18-7-9-19(10-8-18)28-15-13-27(14-16-28)12-4-11-25-22-17-23(24)26-21-6-3-2-5-20(21)22/h2-3,5-10,17H,4,11-16H2,1H3,(H,25,26). The predicted molar refractivity (Wildman–Crippen MR) is 120 cm³/mol. The van der Waals surface area contributed by atoms with Gasteiger partial charge in [0.2, 0.25) is 0 Å². The molecule has 1 aromatic heterocycles. The zero-order valence-electron chi connectivity index (χ0n) is 16.4. The second-order valence-electron chi connectivity index (χ2n) is 7.45. The second kappa shape index (κ2) is 8.80. The molecule has 2 aromatic carbocycles. The molecule has 0 bridgehead atoms. The summed E-state index contributed by atoms with van der Waals surface area (Å²) in [5, 5.41) is 5.21. The summed E-state index contributed by atoms with van der Waals surface area (Å²) in [6.07, 6.45) is 1.11. The van der Waals surface area contributed by atoms with E-state index in [2.05, 4.69) is 57.4 Å². The van der Waals surface area contributed by atoms with Gasteiger partial charge in [0.15, 0.2) is 0 Å². The summed E-state index contributed by atoms with van der Waals surface area (Å²) in [7, 11) is 0. The molecule has 1 N–H and O–H groups in total. The molecule has 0 radical (unpaired) electrons. The van der Waals surface area contributed by atoms with Crippen molar-refractivity contribution in [1.82, 2.24) is 9.88 Å². The monoisotopic (exact) mass is 394 g/mol. The fraction of sp³-hybridized carbons (Fsp3) is 0.348. The molecule has 2 heterocycles. The minimum absolute atomic E-state index is 0.536. The number of nitrogens with one attached hydrogen (secondary N) is 1. The molecular weight excluding hydrogens is 368 g/mol. The Labute approximate surface area is 172 Å². The Balaban J connectivity index is 1.24. The van der Waals surface area contributed by atoms with Crippen LogP contribution in [0.25, 0.3) is 10.9 Å². The number of hydrogen-bond donors (Lipinski definition) is 1. The van der Waals surface area contributed by atoms with E-state index in [9.17, 15) is 0 Å². The molecule has 146 valence electrons. The zero-order valence-corrected chi connectivity index (χ0v) is 17.1. The average Bonchev–Trinajstić information content (AvgIpc) is 2.72. The number of halogens is 1. The maximum atomic E-state index is 6.17. The van der Waals surface area contributed by atoms with Crippen LogP contribution in [-0.2, 0) is 0 Å². The molecule has 3 aromatic rings. The van der Waals surface area contributed by atoms with Gasteiger partial charge < -0.3 is 10.2 Å². The van der Waals surface area contributed by atoms with Crippen LogP contribution < -0.4 is 10.2 Å². The van der Waals surface area contributed by atoms with Crippen molar-refractivity contribution in [3.8, 4) is 0 Å². The number of benzene rings is 2. The van der Waals surface area contributed by atoms with Crippen LogP contribution >= 0.6 is 11.6 Å². The summed E-state index contributed by atoms with van der Waals surface area (Å²) in [6, 6.07) is 18.9. The van der Waals surface area contributed by atoms with Gasteiger partial charge in [0, 0.05) is 49.5 Å². The van der Waals surface area contributed by atoms with Gasteiger partial charge in [-0.25, -0.2) is 4.98 Å². The van der Waals surface area contributed by atoms with Crippen LogP contribution in [0, 0.1) is 6.92 Å². The second-order valence-corrected chi connectivity index (χ2v) is 7.84. The van der Waals surface area contributed by atoms with E-state index in [1.807, 2.05) is 24.3 Å². The van der Waals surface area contributed by atoms with Crippen molar-refractivity contribution in [2.45, 2.75) is 13.3 Å². The van der Waals surface area contributed by atoms with Crippen molar-refractivity contribution < 1.29 is 0 Å². The Morgan fingerprint density at radius 1 is 1.00 bits per heavy atom. The highest BCUT2D eigenvalue weighted by Gasteiger charge is 2.16.